The molecule has 2 unspecified atom stereocenters. The normalized spacial score (nSPS) is 23.4. The summed E-state index contributed by atoms with van der Waals surface area (Å²) in [6.07, 6.45) is 2.52. The van der Waals surface area contributed by atoms with Gasteiger partial charge >= 0.3 is 5.97 Å². The monoisotopic (exact) mass is 313 g/mol. The van der Waals surface area contributed by atoms with Gasteiger partial charge in [-0.25, -0.2) is 0 Å². The van der Waals surface area contributed by atoms with Gasteiger partial charge in [0.15, 0.2) is 0 Å². The quantitative estimate of drug-likeness (QED) is 0.908. The van der Waals surface area contributed by atoms with E-state index in [1.54, 1.807) is 0 Å². The van der Waals surface area contributed by atoms with Crippen molar-refractivity contribution in [1.29, 1.82) is 0 Å². The van der Waals surface area contributed by atoms with E-state index < -0.39 is 12.0 Å². The van der Waals surface area contributed by atoms with E-state index in [1.165, 1.54) is 0 Å². The average Bonchev–Trinajstić information content (AvgIpc) is 2.76. The molecule has 5 nitrogen and oxygen atoms in total. The van der Waals surface area contributed by atoms with Crippen LogP contribution in [0.1, 0.15) is 45.0 Å². The Labute approximate surface area is 130 Å². The van der Waals surface area contributed by atoms with Gasteiger partial charge < -0.3 is 5.11 Å². The van der Waals surface area contributed by atoms with Crippen LogP contribution in [0, 0.1) is 5.92 Å². The van der Waals surface area contributed by atoms with Crippen molar-refractivity contribution < 1.29 is 9.90 Å². The Bertz CT molecular complexity index is 515. The number of aromatic nitrogens is 2. The number of hydrogen-bond acceptors (Lipinski definition) is 3. The van der Waals surface area contributed by atoms with Crippen molar-refractivity contribution in [1.82, 2.24) is 14.7 Å². The van der Waals surface area contributed by atoms with Crippen molar-refractivity contribution >= 4 is 17.6 Å². The topological polar surface area (TPSA) is 58.4 Å². The number of aliphatic carboxylic acids is 1. The fraction of sp³-hybridized carbons (Fsp3) is 0.733. The van der Waals surface area contributed by atoms with Crippen molar-refractivity contribution in [2.45, 2.75) is 59.2 Å². The van der Waals surface area contributed by atoms with Crippen LogP contribution in [-0.2, 0) is 24.3 Å². The van der Waals surface area contributed by atoms with Crippen LogP contribution in [-0.4, -0.2) is 38.3 Å². The zero-order valence-electron chi connectivity index (χ0n) is 13.0. The van der Waals surface area contributed by atoms with Crippen LogP contribution in [0.4, 0.5) is 0 Å². The van der Waals surface area contributed by atoms with E-state index in [0.717, 1.165) is 37.3 Å². The Balaban J connectivity index is 2.23. The van der Waals surface area contributed by atoms with Crippen LogP contribution >= 0.6 is 11.6 Å². The minimum atomic E-state index is -0.740. The molecule has 1 fully saturated rings. The minimum absolute atomic E-state index is 0.421. The molecule has 6 heteroatoms. The van der Waals surface area contributed by atoms with Crippen molar-refractivity contribution in [2.24, 2.45) is 5.92 Å². The highest BCUT2D eigenvalue weighted by molar-refractivity contribution is 6.31. The summed E-state index contributed by atoms with van der Waals surface area (Å²) in [5, 5.41) is 14.7. The minimum Gasteiger partial charge on any atom is -0.480 e. The molecule has 0 amide bonds. The maximum absolute atomic E-state index is 11.5. The first-order chi connectivity index (χ1) is 9.97. The zero-order chi connectivity index (χ0) is 15.6. The lowest BCUT2D eigenvalue weighted by molar-refractivity contribution is -0.145. The predicted octanol–water partition coefficient (Wildman–Crippen LogP) is 2.80. The van der Waals surface area contributed by atoms with Gasteiger partial charge in [0.2, 0.25) is 0 Å². The summed E-state index contributed by atoms with van der Waals surface area (Å²) in [7, 11) is 0. The van der Waals surface area contributed by atoms with Gasteiger partial charge in [0, 0.05) is 13.1 Å². The maximum Gasteiger partial charge on any atom is 0.320 e. The lowest BCUT2D eigenvalue weighted by Crippen LogP contribution is -2.46. The summed E-state index contributed by atoms with van der Waals surface area (Å²) >= 11 is 6.43. The zero-order valence-corrected chi connectivity index (χ0v) is 13.7. The molecule has 0 spiro atoms. The lowest BCUT2D eigenvalue weighted by Gasteiger charge is -2.36. The standard InChI is InChI=1S/C15H24ClN3O2/c1-4-11-14(16)13(19(5-2)17-11)9-18-7-6-10(3)8-12(18)15(20)21/h10,12H,4-9H2,1-3H3,(H,20,21). The van der Waals surface area contributed by atoms with Crippen LogP contribution in [0.5, 0.6) is 0 Å². The summed E-state index contributed by atoms with van der Waals surface area (Å²) < 4.78 is 1.90. The number of nitrogens with zero attached hydrogens (tertiary/aromatic N) is 3. The Hall–Kier alpha value is -1.07. The molecule has 2 atom stereocenters. The molecule has 118 valence electrons. The summed E-state index contributed by atoms with van der Waals surface area (Å²) in [6.45, 7) is 8.27. The van der Waals surface area contributed by atoms with Crippen LogP contribution in [0.3, 0.4) is 0 Å². The molecule has 1 aliphatic heterocycles. The fourth-order valence-corrected chi connectivity index (χ4v) is 3.33. The van der Waals surface area contributed by atoms with E-state index in [-0.39, 0.29) is 0 Å². The first-order valence-electron chi connectivity index (χ1n) is 7.68. The maximum atomic E-state index is 11.5. The third-order valence-electron chi connectivity index (χ3n) is 4.31. The number of carboxylic acids is 1. The molecule has 1 N–H and O–H groups in total. The summed E-state index contributed by atoms with van der Waals surface area (Å²) in [6, 6.07) is -0.421. The Kier molecular flexibility index (Phi) is 5.27. The Morgan fingerprint density at radius 2 is 2.19 bits per heavy atom. The molecule has 0 radical (unpaired) electrons. The van der Waals surface area contributed by atoms with E-state index in [0.29, 0.717) is 23.9 Å². The highest BCUT2D eigenvalue weighted by Crippen LogP contribution is 2.28. The number of hydrogen-bond donors (Lipinski definition) is 1. The van der Waals surface area contributed by atoms with Crippen LogP contribution in [0.2, 0.25) is 5.02 Å². The number of halogens is 1. The highest BCUT2D eigenvalue weighted by atomic mass is 35.5. The smallest absolute Gasteiger partial charge is 0.320 e. The molecule has 1 saturated heterocycles. The number of carboxylic acid groups (broad SMARTS) is 1. The summed E-state index contributed by atoms with van der Waals surface area (Å²) in [4.78, 5) is 13.5. The Morgan fingerprint density at radius 3 is 2.76 bits per heavy atom. The number of likely N-dealkylation sites (tertiary alicyclic amines) is 1. The van der Waals surface area contributed by atoms with E-state index in [4.69, 9.17) is 11.6 Å². The van der Waals surface area contributed by atoms with Gasteiger partial charge in [0.1, 0.15) is 6.04 Å². The molecule has 2 rings (SSSR count). The second-order valence-corrected chi connectivity index (χ2v) is 6.21. The number of carbonyl (C=O) groups is 1. The molecule has 2 heterocycles. The second-order valence-electron chi connectivity index (χ2n) is 5.83. The van der Waals surface area contributed by atoms with Gasteiger partial charge in [-0.15, -0.1) is 0 Å². The van der Waals surface area contributed by atoms with Crippen molar-refractivity contribution in [3.63, 3.8) is 0 Å². The van der Waals surface area contributed by atoms with Gasteiger partial charge in [0.05, 0.1) is 16.4 Å². The average molecular weight is 314 g/mol. The van der Waals surface area contributed by atoms with Crippen molar-refractivity contribution in [3.8, 4) is 0 Å². The predicted molar refractivity (Wildman–Crippen MR) is 82.5 cm³/mol. The molecule has 0 aliphatic carbocycles. The van der Waals surface area contributed by atoms with E-state index in [9.17, 15) is 9.90 Å². The second kappa shape index (κ2) is 6.79. The van der Waals surface area contributed by atoms with Crippen LogP contribution in [0.15, 0.2) is 0 Å². The lowest BCUT2D eigenvalue weighted by atomic mass is 9.92. The van der Waals surface area contributed by atoms with Crippen LogP contribution in [0.25, 0.3) is 0 Å². The summed E-state index contributed by atoms with van der Waals surface area (Å²) in [5.74, 6) is -0.281. The molecule has 1 aromatic heterocycles. The first kappa shape index (κ1) is 16.3. The van der Waals surface area contributed by atoms with Gasteiger partial charge in [-0.05, 0) is 38.6 Å². The molecular weight excluding hydrogens is 290 g/mol. The van der Waals surface area contributed by atoms with Crippen LogP contribution < -0.4 is 0 Å². The van der Waals surface area contributed by atoms with E-state index in [2.05, 4.69) is 12.0 Å². The molecule has 0 aromatic carbocycles. The number of rotatable bonds is 5. The van der Waals surface area contributed by atoms with E-state index >= 15 is 0 Å². The van der Waals surface area contributed by atoms with Gasteiger partial charge in [-0.3, -0.25) is 14.4 Å². The third-order valence-corrected chi connectivity index (χ3v) is 4.74. The first-order valence-corrected chi connectivity index (χ1v) is 8.06. The van der Waals surface area contributed by atoms with Gasteiger partial charge in [0.25, 0.3) is 0 Å². The molecule has 0 saturated carbocycles. The SMILES string of the molecule is CCc1nn(CC)c(CN2CCC(C)CC2C(=O)O)c1Cl. The molecule has 1 aromatic rings. The Morgan fingerprint density at radius 1 is 1.48 bits per heavy atom. The van der Waals surface area contributed by atoms with Gasteiger partial charge in [-0.2, -0.15) is 5.10 Å². The molecule has 0 bridgehead atoms. The fourth-order valence-electron chi connectivity index (χ4n) is 3.00. The van der Waals surface area contributed by atoms with Gasteiger partial charge in [-0.1, -0.05) is 25.4 Å². The van der Waals surface area contributed by atoms with Crippen molar-refractivity contribution in [3.05, 3.63) is 16.4 Å². The largest absolute Gasteiger partial charge is 0.480 e. The highest BCUT2D eigenvalue weighted by Gasteiger charge is 2.32. The van der Waals surface area contributed by atoms with Crippen molar-refractivity contribution in [2.75, 3.05) is 6.54 Å². The summed E-state index contributed by atoms with van der Waals surface area (Å²) in [5.41, 5.74) is 1.84. The molecule has 1 aliphatic rings. The molecular formula is C15H24ClN3O2. The van der Waals surface area contributed by atoms with E-state index in [1.807, 2.05) is 23.4 Å². The third kappa shape index (κ3) is 3.40. The molecule has 21 heavy (non-hydrogen) atoms. The number of piperidine rings is 1. The number of aryl methyl sites for hydroxylation is 2.